The van der Waals surface area contributed by atoms with Crippen molar-refractivity contribution in [2.24, 2.45) is 0 Å². The van der Waals surface area contributed by atoms with Crippen molar-refractivity contribution in [2.45, 2.75) is 6.36 Å². The molecule has 0 amide bonds. The van der Waals surface area contributed by atoms with Gasteiger partial charge in [0.25, 0.3) is 0 Å². The van der Waals surface area contributed by atoms with Crippen LogP contribution in [0.4, 0.5) is 13.2 Å². The van der Waals surface area contributed by atoms with Crippen LogP contribution in [-0.4, -0.2) is 16.0 Å². The van der Waals surface area contributed by atoms with Gasteiger partial charge in [0.2, 0.25) is 0 Å². The lowest BCUT2D eigenvalue weighted by Gasteiger charge is -2.09. The quantitative estimate of drug-likeness (QED) is 0.667. The number of fused-ring (bicyclic) bond motifs is 1. The molecule has 2 aromatic heterocycles. The minimum Gasteiger partial charge on any atom is -0.406 e. The van der Waals surface area contributed by atoms with Gasteiger partial charge in [-0.25, -0.2) is 4.52 Å². The molecule has 0 saturated carbocycles. The molecule has 21 heavy (non-hydrogen) atoms. The third kappa shape index (κ3) is 3.18. The van der Waals surface area contributed by atoms with Crippen molar-refractivity contribution in [3.8, 4) is 17.0 Å². The molecule has 108 valence electrons. The predicted molar refractivity (Wildman–Crippen MR) is 75.0 cm³/mol. The molecule has 0 aliphatic heterocycles. The topological polar surface area (TPSA) is 26.5 Å². The summed E-state index contributed by atoms with van der Waals surface area (Å²) in [7, 11) is 0. The van der Waals surface area contributed by atoms with Gasteiger partial charge >= 0.3 is 6.36 Å². The number of hydrogen-bond donors (Lipinski definition) is 0. The second-order valence-electron chi connectivity index (χ2n) is 4.32. The fraction of sp³-hybridized carbons (Fsp3) is 0.0714. The van der Waals surface area contributed by atoms with Crippen molar-refractivity contribution in [3.05, 3.63) is 53.1 Å². The zero-order valence-corrected chi connectivity index (χ0v) is 12.0. The van der Waals surface area contributed by atoms with E-state index in [0.717, 1.165) is 9.99 Å². The number of rotatable bonds is 2. The Labute approximate surface area is 126 Å². The molecule has 2 heterocycles. The first-order chi connectivity index (χ1) is 9.90. The summed E-state index contributed by atoms with van der Waals surface area (Å²) in [5.74, 6) is -0.266. The number of aromatic nitrogens is 2. The fourth-order valence-electron chi connectivity index (χ4n) is 1.96. The zero-order valence-electron chi connectivity index (χ0n) is 10.4. The van der Waals surface area contributed by atoms with E-state index in [4.69, 9.17) is 0 Å². The van der Waals surface area contributed by atoms with Gasteiger partial charge < -0.3 is 4.74 Å². The Morgan fingerprint density at radius 1 is 1.10 bits per heavy atom. The number of pyridine rings is 1. The maximum absolute atomic E-state index is 12.2. The lowest BCUT2D eigenvalue weighted by Crippen LogP contribution is -2.17. The van der Waals surface area contributed by atoms with Gasteiger partial charge in [0.15, 0.2) is 0 Å². The van der Waals surface area contributed by atoms with Gasteiger partial charge in [-0.1, -0.05) is 12.1 Å². The number of benzene rings is 1. The van der Waals surface area contributed by atoms with Gasteiger partial charge in [-0.2, -0.15) is 5.10 Å². The van der Waals surface area contributed by atoms with E-state index >= 15 is 0 Å². The lowest BCUT2D eigenvalue weighted by molar-refractivity contribution is -0.274. The summed E-state index contributed by atoms with van der Waals surface area (Å²) >= 11 is 3.34. The first kappa shape index (κ1) is 13.9. The van der Waals surface area contributed by atoms with Crippen molar-refractivity contribution in [2.75, 3.05) is 0 Å². The summed E-state index contributed by atoms with van der Waals surface area (Å²) in [6, 6.07) is 11.3. The molecule has 0 aliphatic rings. The molecular formula is C14H8BrF3N2O. The van der Waals surface area contributed by atoms with Crippen LogP contribution in [0, 0.1) is 0 Å². The maximum Gasteiger partial charge on any atom is 0.573 e. The smallest absolute Gasteiger partial charge is 0.406 e. The first-order valence-corrected chi connectivity index (χ1v) is 6.71. The van der Waals surface area contributed by atoms with Crippen LogP contribution in [0.2, 0.25) is 0 Å². The highest BCUT2D eigenvalue weighted by Gasteiger charge is 2.31. The summed E-state index contributed by atoms with van der Waals surface area (Å²) in [5, 5.41) is 4.33. The second-order valence-corrected chi connectivity index (χ2v) is 5.24. The van der Waals surface area contributed by atoms with Crippen molar-refractivity contribution in [3.63, 3.8) is 0 Å². The summed E-state index contributed by atoms with van der Waals surface area (Å²) in [6.07, 6.45) is -2.93. The molecule has 0 fully saturated rings. The molecule has 3 nitrogen and oxygen atoms in total. The van der Waals surface area contributed by atoms with Crippen molar-refractivity contribution in [1.29, 1.82) is 0 Å². The molecule has 0 N–H and O–H groups in total. The van der Waals surface area contributed by atoms with Crippen LogP contribution in [-0.2, 0) is 0 Å². The third-order valence-corrected chi connectivity index (χ3v) is 3.26. The predicted octanol–water partition coefficient (Wildman–Crippen LogP) is 4.66. The Morgan fingerprint density at radius 2 is 1.90 bits per heavy atom. The van der Waals surface area contributed by atoms with E-state index in [2.05, 4.69) is 25.8 Å². The molecule has 0 saturated heterocycles. The van der Waals surface area contributed by atoms with Gasteiger partial charge in [-0.05, 0) is 46.3 Å². The Morgan fingerprint density at radius 3 is 2.67 bits per heavy atom. The average molecular weight is 357 g/mol. The van der Waals surface area contributed by atoms with Crippen LogP contribution in [0.3, 0.4) is 0 Å². The highest BCUT2D eigenvalue weighted by atomic mass is 79.9. The Kier molecular flexibility index (Phi) is 3.36. The number of hydrogen-bond acceptors (Lipinski definition) is 2. The van der Waals surface area contributed by atoms with Crippen LogP contribution < -0.4 is 4.74 Å². The molecule has 0 unspecified atom stereocenters. The van der Waals surface area contributed by atoms with Crippen LogP contribution in [0.5, 0.6) is 5.75 Å². The number of nitrogens with zero attached hydrogens (tertiary/aromatic N) is 2. The molecule has 1 aromatic carbocycles. The summed E-state index contributed by atoms with van der Waals surface area (Å²) in [4.78, 5) is 0. The van der Waals surface area contributed by atoms with Gasteiger partial charge in [0.1, 0.15) is 5.75 Å². The molecule has 0 aliphatic carbocycles. The molecule has 0 spiro atoms. The molecule has 7 heteroatoms. The van der Waals surface area contributed by atoms with E-state index in [9.17, 15) is 13.2 Å². The van der Waals surface area contributed by atoms with E-state index in [1.165, 1.54) is 18.2 Å². The number of halogens is 4. The van der Waals surface area contributed by atoms with E-state index in [-0.39, 0.29) is 5.75 Å². The molecule has 0 bridgehead atoms. The van der Waals surface area contributed by atoms with Crippen molar-refractivity contribution < 1.29 is 17.9 Å². The normalized spacial score (nSPS) is 11.8. The summed E-state index contributed by atoms with van der Waals surface area (Å²) < 4.78 is 43.1. The van der Waals surface area contributed by atoms with E-state index in [0.29, 0.717) is 11.3 Å². The largest absolute Gasteiger partial charge is 0.573 e. The third-order valence-electron chi connectivity index (χ3n) is 2.79. The van der Waals surface area contributed by atoms with Crippen molar-refractivity contribution in [1.82, 2.24) is 9.61 Å². The summed E-state index contributed by atoms with van der Waals surface area (Å²) in [5.41, 5.74) is 1.97. The minimum absolute atomic E-state index is 0.266. The molecule has 3 aromatic rings. The zero-order chi connectivity index (χ0) is 15.0. The van der Waals surface area contributed by atoms with E-state index < -0.39 is 6.36 Å². The Hall–Kier alpha value is -2.02. The fourth-order valence-corrected chi connectivity index (χ4v) is 2.28. The Balaban J connectivity index is 2.00. The first-order valence-electron chi connectivity index (χ1n) is 5.92. The van der Waals surface area contributed by atoms with E-state index in [1.807, 2.05) is 12.1 Å². The summed E-state index contributed by atoms with van der Waals surface area (Å²) in [6.45, 7) is 0. The minimum atomic E-state index is -4.71. The van der Waals surface area contributed by atoms with Crippen LogP contribution in [0.15, 0.2) is 53.1 Å². The standard InChI is InChI=1S/C14H8BrF3N2O/c15-10-4-5-11-7-13(19-20(11)8-10)9-2-1-3-12(6-9)21-14(16,17)18/h1-8H. The second kappa shape index (κ2) is 5.07. The van der Waals surface area contributed by atoms with Gasteiger partial charge in [-0.3, -0.25) is 0 Å². The van der Waals surface area contributed by atoms with Crippen LogP contribution in [0.25, 0.3) is 16.8 Å². The maximum atomic E-state index is 12.2. The van der Waals surface area contributed by atoms with Crippen LogP contribution >= 0.6 is 15.9 Å². The molecule has 0 atom stereocenters. The van der Waals surface area contributed by atoms with Crippen LogP contribution in [0.1, 0.15) is 0 Å². The highest BCUT2D eigenvalue weighted by molar-refractivity contribution is 9.10. The molecule has 3 rings (SSSR count). The van der Waals surface area contributed by atoms with Crippen molar-refractivity contribution >= 4 is 21.4 Å². The highest BCUT2D eigenvalue weighted by Crippen LogP contribution is 2.28. The SMILES string of the molecule is FC(F)(F)Oc1cccc(-c2cc3ccc(Br)cn3n2)c1. The molecular weight excluding hydrogens is 349 g/mol. The van der Waals surface area contributed by atoms with E-state index in [1.54, 1.807) is 22.8 Å². The molecule has 0 radical (unpaired) electrons. The number of alkyl halides is 3. The monoisotopic (exact) mass is 356 g/mol. The Bertz CT molecular complexity index is 798. The van der Waals surface area contributed by atoms with Gasteiger partial charge in [0.05, 0.1) is 11.2 Å². The lowest BCUT2D eigenvalue weighted by atomic mass is 10.1. The van der Waals surface area contributed by atoms with Gasteiger partial charge in [-0.15, -0.1) is 13.2 Å². The average Bonchev–Trinajstić information content (AvgIpc) is 2.80. The van der Waals surface area contributed by atoms with Gasteiger partial charge in [0, 0.05) is 16.2 Å². The number of ether oxygens (including phenoxy) is 1.